The first-order valence-corrected chi connectivity index (χ1v) is 11.3. The summed E-state index contributed by atoms with van der Waals surface area (Å²) in [7, 11) is 1.27. The zero-order valence-corrected chi connectivity index (χ0v) is 20.0. The van der Waals surface area contributed by atoms with Crippen LogP contribution in [-0.4, -0.2) is 38.4 Å². The van der Waals surface area contributed by atoms with Gasteiger partial charge in [-0.05, 0) is 64.7 Å². The number of methoxy groups -OCH3 is 1. The van der Waals surface area contributed by atoms with Crippen molar-refractivity contribution < 1.29 is 37.7 Å². The number of benzene rings is 1. The average molecular weight is 536 g/mol. The van der Waals surface area contributed by atoms with Gasteiger partial charge in [-0.25, -0.2) is 9.59 Å². The number of carbonyl (C=O) groups is 3. The molecule has 0 atom stereocenters. The lowest BCUT2D eigenvalue weighted by Gasteiger charge is -2.09. The molecule has 0 saturated carbocycles. The van der Waals surface area contributed by atoms with Gasteiger partial charge in [0.05, 0.1) is 12.7 Å². The van der Waals surface area contributed by atoms with Crippen LogP contribution < -0.4 is 14.8 Å². The number of furan rings is 1. The van der Waals surface area contributed by atoms with Crippen molar-refractivity contribution in [2.45, 2.75) is 13.3 Å². The molecule has 11 heteroatoms. The van der Waals surface area contributed by atoms with Gasteiger partial charge in [-0.1, -0.05) is 6.07 Å². The van der Waals surface area contributed by atoms with Crippen LogP contribution in [0.25, 0.3) is 0 Å². The van der Waals surface area contributed by atoms with Gasteiger partial charge in [-0.15, -0.1) is 11.3 Å². The Balaban J connectivity index is 1.50. The first-order valence-electron chi connectivity index (χ1n) is 9.67. The number of anilines is 1. The van der Waals surface area contributed by atoms with Crippen molar-refractivity contribution in [3.63, 3.8) is 0 Å². The fourth-order valence-corrected chi connectivity index (χ4v) is 4.63. The lowest BCUT2D eigenvalue weighted by molar-refractivity contribution is -0.119. The number of amides is 1. The third-order valence-electron chi connectivity index (χ3n) is 4.78. The van der Waals surface area contributed by atoms with Crippen molar-refractivity contribution in [3.05, 3.63) is 62.3 Å². The van der Waals surface area contributed by atoms with Gasteiger partial charge in [0.15, 0.2) is 22.8 Å². The van der Waals surface area contributed by atoms with Crippen molar-refractivity contribution in [1.29, 1.82) is 0 Å². The number of aryl methyl sites for hydroxylation is 1. The van der Waals surface area contributed by atoms with E-state index >= 15 is 0 Å². The third-order valence-corrected chi connectivity index (χ3v) is 6.27. The zero-order valence-electron chi connectivity index (χ0n) is 17.6. The molecule has 3 aromatic rings. The number of hydrogen-bond donors (Lipinski definition) is 1. The van der Waals surface area contributed by atoms with Crippen LogP contribution in [0.1, 0.15) is 36.9 Å². The van der Waals surface area contributed by atoms with Crippen molar-refractivity contribution in [1.82, 2.24) is 0 Å². The first-order chi connectivity index (χ1) is 15.9. The van der Waals surface area contributed by atoms with Crippen LogP contribution in [0, 0.1) is 6.92 Å². The van der Waals surface area contributed by atoms with E-state index in [0.29, 0.717) is 27.6 Å². The second-order valence-corrected chi connectivity index (χ2v) is 8.93. The highest BCUT2D eigenvalue weighted by Crippen LogP contribution is 2.37. The van der Waals surface area contributed by atoms with Gasteiger partial charge in [0.25, 0.3) is 5.91 Å². The van der Waals surface area contributed by atoms with Gasteiger partial charge in [0.2, 0.25) is 12.6 Å². The molecule has 0 bridgehead atoms. The van der Waals surface area contributed by atoms with Crippen molar-refractivity contribution in [2.24, 2.45) is 0 Å². The number of thiophene rings is 1. The molecule has 0 spiro atoms. The fraction of sp³-hybridized carbons (Fsp3) is 0.227. The Kier molecular flexibility index (Phi) is 6.70. The smallest absolute Gasteiger partial charge is 0.374 e. The maximum absolute atomic E-state index is 12.6. The second-order valence-electron chi connectivity index (χ2n) is 6.92. The highest BCUT2D eigenvalue weighted by molar-refractivity contribution is 9.10. The summed E-state index contributed by atoms with van der Waals surface area (Å²) in [6, 6.07) is 8.51. The molecular weight excluding hydrogens is 518 g/mol. The van der Waals surface area contributed by atoms with E-state index < -0.39 is 24.5 Å². The van der Waals surface area contributed by atoms with Gasteiger partial charge in [0, 0.05) is 4.88 Å². The van der Waals surface area contributed by atoms with E-state index in [1.165, 1.54) is 30.6 Å². The predicted octanol–water partition coefficient (Wildman–Crippen LogP) is 4.31. The Morgan fingerprint density at radius 1 is 1.12 bits per heavy atom. The lowest BCUT2D eigenvalue weighted by Crippen LogP contribution is -2.21. The molecule has 33 heavy (non-hydrogen) atoms. The van der Waals surface area contributed by atoms with Gasteiger partial charge in [0.1, 0.15) is 5.00 Å². The molecule has 0 aliphatic carbocycles. The molecule has 4 rings (SSSR count). The Labute approximate surface area is 200 Å². The van der Waals surface area contributed by atoms with Crippen LogP contribution in [0.4, 0.5) is 5.00 Å². The van der Waals surface area contributed by atoms with E-state index in [2.05, 4.69) is 21.2 Å². The molecule has 1 aromatic carbocycles. The maximum Gasteiger partial charge on any atom is 0.374 e. The van der Waals surface area contributed by atoms with Crippen LogP contribution in [0.15, 0.2) is 39.4 Å². The number of rotatable bonds is 7. The average Bonchev–Trinajstić information content (AvgIpc) is 3.51. The summed E-state index contributed by atoms with van der Waals surface area (Å²) in [5.74, 6) is -0.701. The fourth-order valence-electron chi connectivity index (χ4n) is 3.24. The summed E-state index contributed by atoms with van der Waals surface area (Å²) in [5, 5.41) is 2.96. The normalized spacial score (nSPS) is 11.8. The number of nitrogens with one attached hydrogen (secondary N) is 1. The Morgan fingerprint density at radius 3 is 2.64 bits per heavy atom. The highest BCUT2D eigenvalue weighted by Gasteiger charge is 2.25. The number of ether oxygens (including phenoxy) is 4. The molecular formula is C22H18BrNO8S. The Bertz CT molecular complexity index is 1230. The van der Waals surface area contributed by atoms with Gasteiger partial charge in [-0.3, -0.25) is 4.79 Å². The van der Waals surface area contributed by atoms with E-state index in [4.69, 9.17) is 23.4 Å². The van der Waals surface area contributed by atoms with Crippen LogP contribution in [0.5, 0.6) is 11.5 Å². The van der Waals surface area contributed by atoms with Crippen LogP contribution in [0.2, 0.25) is 0 Å². The number of fused-ring (bicyclic) bond motifs is 1. The minimum atomic E-state index is -0.783. The Hall–Kier alpha value is -3.31. The first kappa shape index (κ1) is 22.9. The van der Waals surface area contributed by atoms with Gasteiger partial charge in [-0.2, -0.15) is 0 Å². The van der Waals surface area contributed by atoms with Gasteiger partial charge >= 0.3 is 11.9 Å². The third kappa shape index (κ3) is 5.04. The number of carbonyl (C=O) groups excluding carboxylic acids is 3. The summed E-state index contributed by atoms with van der Waals surface area (Å²) in [5.41, 5.74) is 1.88. The van der Waals surface area contributed by atoms with Gasteiger partial charge < -0.3 is 28.7 Å². The molecule has 2 aromatic heterocycles. The molecule has 9 nitrogen and oxygen atoms in total. The molecule has 172 valence electrons. The molecule has 0 saturated heterocycles. The molecule has 1 aliphatic rings. The summed E-state index contributed by atoms with van der Waals surface area (Å²) in [6.07, 6.45) is 0.418. The van der Waals surface area contributed by atoms with Crippen molar-refractivity contribution in [2.75, 3.05) is 25.8 Å². The van der Waals surface area contributed by atoms with Crippen LogP contribution in [-0.2, 0) is 20.7 Å². The molecule has 0 unspecified atom stereocenters. The van der Waals surface area contributed by atoms with Crippen LogP contribution in [0.3, 0.4) is 0 Å². The lowest BCUT2D eigenvalue weighted by atomic mass is 10.0. The number of esters is 2. The number of hydrogen-bond acceptors (Lipinski definition) is 9. The number of halogens is 1. The summed E-state index contributed by atoms with van der Waals surface area (Å²) in [6.45, 7) is 1.47. The molecule has 3 heterocycles. The molecule has 1 N–H and O–H groups in total. The van der Waals surface area contributed by atoms with Crippen molar-refractivity contribution in [3.8, 4) is 11.5 Å². The quantitative estimate of drug-likeness (QED) is 0.445. The van der Waals surface area contributed by atoms with E-state index in [0.717, 1.165) is 16.0 Å². The minimum Gasteiger partial charge on any atom is -0.465 e. The zero-order chi connectivity index (χ0) is 23.5. The predicted molar refractivity (Wildman–Crippen MR) is 121 cm³/mol. The molecule has 1 aliphatic heterocycles. The van der Waals surface area contributed by atoms with E-state index in [-0.39, 0.29) is 18.1 Å². The summed E-state index contributed by atoms with van der Waals surface area (Å²) >= 11 is 4.33. The van der Waals surface area contributed by atoms with E-state index in [1.54, 1.807) is 0 Å². The largest absolute Gasteiger partial charge is 0.465 e. The van der Waals surface area contributed by atoms with Crippen LogP contribution >= 0.6 is 27.3 Å². The monoisotopic (exact) mass is 535 g/mol. The molecule has 0 fully saturated rings. The standard InChI is InChI=1S/C22H18BrNO8S/c1-11-13(7-12-3-4-14-16(8-12)31-10-30-14)19(22(27)28-2)20(33-11)24-18(25)9-29-21(26)15-5-6-17(23)32-15/h3-6,8H,7,9-10H2,1-2H3,(H,24,25). The highest BCUT2D eigenvalue weighted by atomic mass is 79.9. The SMILES string of the molecule is COC(=O)c1c(NC(=O)COC(=O)c2ccc(Br)o2)sc(C)c1Cc1ccc2c(c1)OCO2. The topological polar surface area (TPSA) is 113 Å². The van der Waals surface area contributed by atoms with Crippen molar-refractivity contribution >= 4 is 50.1 Å². The molecule has 1 amide bonds. The van der Waals surface area contributed by atoms with E-state index in [9.17, 15) is 14.4 Å². The maximum atomic E-state index is 12.6. The summed E-state index contributed by atoms with van der Waals surface area (Å²) in [4.78, 5) is 37.8. The van der Waals surface area contributed by atoms with E-state index in [1.807, 2.05) is 25.1 Å². The molecule has 0 radical (unpaired) electrons. The minimum absolute atomic E-state index is 0.0390. The second kappa shape index (κ2) is 9.67. The Morgan fingerprint density at radius 2 is 1.91 bits per heavy atom. The summed E-state index contributed by atoms with van der Waals surface area (Å²) < 4.78 is 26.2.